The molecule has 0 saturated carbocycles. The van der Waals surface area contributed by atoms with Crippen LogP contribution < -0.4 is 25.0 Å². The summed E-state index contributed by atoms with van der Waals surface area (Å²) in [6.07, 6.45) is 1.48. The molecule has 33 heavy (non-hydrogen) atoms. The number of para-hydroxylation sites is 1. The fourth-order valence-electron chi connectivity index (χ4n) is 2.92. The van der Waals surface area contributed by atoms with E-state index in [4.69, 9.17) is 14.2 Å². The van der Waals surface area contributed by atoms with Gasteiger partial charge < -0.3 is 19.5 Å². The second kappa shape index (κ2) is 11.3. The molecule has 3 aromatic rings. The van der Waals surface area contributed by atoms with Crippen molar-refractivity contribution in [1.82, 2.24) is 5.43 Å². The molecule has 0 aliphatic rings. The highest BCUT2D eigenvalue weighted by Gasteiger charge is 2.11. The number of ether oxygens (including phenoxy) is 3. The number of hydrogen-bond donors (Lipinski definition) is 2. The molecule has 170 valence electrons. The first-order valence-electron chi connectivity index (χ1n) is 10.1. The van der Waals surface area contributed by atoms with Crippen LogP contribution in [0.15, 0.2) is 71.8 Å². The van der Waals surface area contributed by atoms with Crippen molar-refractivity contribution in [2.24, 2.45) is 5.10 Å². The number of anilines is 1. The largest absolute Gasteiger partial charge is 0.496 e. The van der Waals surface area contributed by atoms with Gasteiger partial charge in [-0.3, -0.25) is 9.59 Å². The van der Waals surface area contributed by atoms with Crippen molar-refractivity contribution in [1.29, 1.82) is 0 Å². The quantitative estimate of drug-likeness (QED) is 0.384. The molecule has 0 atom stereocenters. The van der Waals surface area contributed by atoms with Crippen LogP contribution in [0.25, 0.3) is 0 Å². The van der Waals surface area contributed by atoms with Gasteiger partial charge in [0.2, 0.25) is 0 Å². The second-order valence-corrected chi connectivity index (χ2v) is 7.01. The number of nitrogens with one attached hydrogen (secondary N) is 2. The summed E-state index contributed by atoms with van der Waals surface area (Å²) in [5.41, 5.74) is 5.32. The van der Waals surface area contributed by atoms with E-state index in [0.717, 1.165) is 5.56 Å². The van der Waals surface area contributed by atoms with Crippen LogP contribution in [-0.4, -0.2) is 38.9 Å². The lowest BCUT2D eigenvalue weighted by Crippen LogP contribution is -2.20. The van der Waals surface area contributed by atoms with Crippen molar-refractivity contribution in [3.63, 3.8) is 0 Å². The van der Waals surface area contributed by atoms with Gasteiger partial charge >= 0.3 is 0 Å². The molecule has 2 amide bonds. The first kappa shape index (κ1) is 23.3. The van der Waals surface area contributed by atoms with Crippen LogP contribution >= 0.6 is 0 Å². The average Bonchev–Trinajstić information content (AvgIpc) is 2.84. The Balaban J connectivity index is 1.58. The maximum Gasteiger partial charge on any atom is 0.275 e. The molecule has 3 rings (SSSR count). The number of hydrogen-bond acceptors (Lipinski definition) is 6. The third-order valence-corrected chi connectivity index (χ3v) is 4.61. The summed E-state index contributed by atoms with van der Waals surface area (Å²) in [5, 5.41) is 6.76. The van der Waals surface area contributed by atoms with Gasteiger partial charge in [-0.2, -0.15) is 5.10 Å². The predicted molar refractivity (Wildman–Crippen MR) is 126 cm³/mol. The molecule has 0 aliphatic carbocycles. The Morgan fingerprint density at radius 3 is 2.36 bits per heavy atom. The Morgan fingerprint density at radius 2 is 1.64 bits per heavy atom. The third-order valence-electron chi connectivity index (χ3n) is 4.61. The minimum atomic E-state index is -0.393. The second-order valence-electron chi connectivity index (χ2n) is 7.01. The van der Waals surface area contributed by atoms with Gasteiger partial charge in [-0.05, 0) is 55.0 Å². The molecule has 0 aromatic heterocycles. The van der Waals surface area contributed by atoms with Gasteiger partial charge in [-0.15, -0.1) is 0 Å². The molecule has 8 heteroatoms. The standard InChI is InChI=1S/C25H25N3O5/c1-17-8-11-19(12-9-17)27-24(29)16-33-22-13-10-18(14-23(22)32-3)15-26-28-25(30)20-6-4-5-7-21(20)31-2/h4-15H,16H2,1-3H3,(H,27,29)(H,28,30)/b26-15+. The number of nitrogens with zero attached hydrogens (tertiary/aromatic N) is 1. The molecule has 8 nitrogen and oxygen atoms in total. The highest BCUT2D eigenvalue weighted by atomic mass is 16.5. The lowest BCUT2D eigenvalue weighted by atomic mass is 10.2. The fraction of sp³-hybridized carbons (Fsp3) is 0.160. The van der Waals surface area contributed by atoms with E-state index in [0.29, 0.717) is 34.1 Å². The summed E-state index contributed by atoms with van der Waals surface area (Å²) in [7, 11) is 3.00. The monoisotopic (exact) mass is 447 g/mol. The summed E-state index contributed by atoms with van der Waals surface area (Å²) in [5.74, 6) is 0.616. The van der Waals surface area contributed by atoms with Crippen LogP contribution in [-0.2, 0) is 4.79 Å². The van der Waals surface area contributed by atoms with Crippen LogP contribution in [0.5, 0.6) is 17.2 Å². The molecule has 0 bridgehead atoms. The Hall–Kier alpha value is -4.33. The molecular weight excluding hydrogens is 422 g/mol. The van der Waals surface area contributed by atoms with E-state index in [2.05, 4.69) is 15.8 Å². The molecule has 0 fully saturated rings. The molecule has 0 saturated heterocycles. The predicted octanol–water partition coefficient (Wildman–Crippen LogP) is 3.79. The van der Waals surface area contributed by atoms with E-state index in [1.165, 1.54) is 20.4 Å². The van der Waals surface area contributed by atoms with Gasteiger partial charge in [0.1, 0.15) is 5.75 Å². The van der Waals surface area contributed by atoms with Crippen LogP contribution in [0, 0.1) is 6.92 Å². The van der Waals surface area contributed by atoms with Crippen molar-refractivity contribution in [2.75, 3.05) is 26.1 Å². The summed E-state index contributed by atoms with van der Waals surface area (Å²) in [4.78, 5) is 24.5. The van der Waals surface area contributed by atoms with Crippen LogP contribution in [0.1, 0.15) is 21.5 Å². The van der Waals surface area contributed by atoms with E-state index >= 15 is 0 Å². The minimum absolute atomic E-state index is 0.174. The van der Waals surface area contributed by atoms with Crippen LogP contribution in [0.4, 0.5) is 5.69 Å². The van der Waals surface area contributed by atoms with Crippen LogP contribution in [0.2, 0.25) is 0 Å². The first-order chi connectivity index (χ1) is 16.0. The number of carbonyl (C=O) groups is 2. The topological polar surface area (TPSA) is 98.2 Å². The normalized spacial score (nSPS) is 10.5. The van der Waals surface area contributed by atoms with Crippen molar-refractivity contribution in [3.8, 4) is 17.2 Å². The van der Waals surface area contributed by atoms with E-state index in [9.17, 15) is 9.59 Å². The van der Waals surface area contributed by atoms with Gasteiger partial charge in [-0.25, -0.2) is 5.43 Å². The number of amides is 2. The maximum absolute atomic E-state index is 12.3. The van der Waals surface area contributed by atoms with Crippen molar-refractivity contribution in [2.45, 2.75) is 6.92 Å². The zero-order valence-electron chi connectivity index (χ0n) is 18.6. The molecule has 0 heterocycles. The Kier molecular flexibility index (Phi) is 8.02. The number of carbonyl (C=O) groups excluding carboxylic acids is 2. The summed E-state index contributed by atoms with van der Waals surface area (Å²) >= 11 is 0. The smallest absolute Gasteiger partial charge is 0.275 e. The number of hydrazone groups is 1. The average molecular weight is 447 g/mol. The lowest BCUT2D eigenvalue weighted by Gasteiger charge is -2.11. The fourth-order valence-corrected chi connectivity index (χ4v) is 2.92. The highest BCUT2D eigenvalue weighted by molar-refractivity contribution is 5.97. The SMILES string of the molecule is COc1cc(/C=N/NC(=O)c2ccccc2OC)ccc1OCC(=O)Nc1ccc(C)cc1. The zero-order valence-corrected chi connectivity index (χ0v) is 18.6. The molecule has 0 radical (unpaired) electrons. The first-order valence-corrected chi connectivity index (χ1v) is 10.1. The Labute approximate surface area is 192 Å². The van der Waals surface area contributed by atoms with E-state index in [-0.39, 0.29) is 12.5 Å². The van der Waals surface area contributed by atoms with Crippen LogP contribution in [0.3, 0.4) is 0 Å². The van der Waals surface area contributed by atoms with E-state index in [1.807, 2.05) is 31.2 Å². The van der Waals surface area contributed by atoms with Gasteiger partial charge in [0.05, 0.1) is 26.0 Å². The van der Waals surface area contributed by atoms with Crippen molar-refractivity contribution in [3.05, 3.63) is 83.4 Å². The zero-order chi connectivity index (χ0) is 23.6. The number of methoxy groups -OCH3 is 2. The van der Waals surface area contributed by atoms with Crippen molar-refractivity contribution < 1.29 is 23.8 Å². The Bertz CT molecular complexity index is 1140. The summed E-state index contributed by atoms with van der Waals surface area (Å²) in [6, 6.07) is 19.4. The summed E-state index contributed by atoms with van der Waals surface area (Å²) in [6.45, 7) is 1.80. The minimum Gasteiger partial charge on any atom is -0.496 e. The molecule has 0 aliphatic heterocycles. The van der Waals surface area contributed by atoms with Gasteiger partial charge in [0, 0.05) is 5.69 Å². The summed E-state index contributed by atoms with van der Waals surface area (Å²) < 4.78 is 16.1. The maximum atomic E-state index is 12.3. The van der Waals surface area contributed by atoms with E-state index in [1.54, 1.807) is 42.5 Å². The van der Waals surface area contributed by atoms with E-state index < -0.39 is 5.91 Å². The van der Waals surface area contributed by atoms with Crippen molar-refractivity contribution >= 4 is 23.7 Å². The Morgan fingerprint density at radius 1 is 0.909 bits per heavy atom. The van der Waals surface area contributed by atoms with Gasteiger partial charge in [0.25, 0.3) is 11.8 Å². The van der Waals surface area contributed by atoms with Gasteiger partial charge in [0.15, 0.2) is 18.1 Å². The molecule has 3 aromatic carbocycles. The number of aryl methyl sites for hydroxylation is 1. The number of rotatable bonds is 9. The molecular formula is C25H25N3O5. The third kappa shape index (κ3) is 6.57. The number of benzene rings is 3. The molecule has 0 unspecified atom stereocenters. The molecule has 2 N–H and O–H groups in total. The lowest BCUT2D eigenvalue weighted by molar-refractivity contribution is -0.118. The molecule has 0 spiro atoms. The highest BCUT2D eigenvalue weighted by Crippen LogP contribution is 2.27. The van der Waals surface area contributed by atoms with Gasteiger partial charge in [-0.1, -0.05) is 29.8 Å².